The predicted octanol–water partition coefficient (Wildman–Crippen LogP) is 2.97. The van der Waals surface area contributed by atoms with Gasteiger partial charge in [-0.2, -0.15) is 0 Å². The van der Waals surface area contributed by atoms with Gasteiger partial charge in [-0.1, -0.05) is 29.3 Å². The van der Waals surface area contributed by atoms with Gasteiger partial charge in [0.05, 0.1) is 0 Å². The molecule has 8 heteroatoms. The van der Waals surface area contributed by atoms with Gasteiger partial charge in [-0.3, -0.25) is 4.79 Å². The minimum absolute atomic E-state index is 0.133. The van der Waals surface area contributed by atoms with Gasteiger partial charge in [-0.25, -0.2) is 4.98 Å². The first-order valence-electron chi connectivity index (χ1n) is 7.48. The summed E-state index contributed by atoms with van der Waals surface area (Å²) in [5, 5.41) is 12.0. The van der Waals surface area contributed by atoms with Crippen molar-refractivity contribution in [3.8, 4) is 17.0 Å². The zero-order valence-electron chi connectivity index (χ0n) is 13.4. The van der Waals surface area contributed by atoms with Crippen molar-refractivity contribution in [2.75, 3.05) is 0 Å². The number of carbonyl (C=O) groups excluding carboxylic acids is 1. The number of nitrogens with zero attached hydrogens (tertiary/aromatic N) is 2. The standard InChI is InChI=1S/C17H16Cl2N4O2/c1-8-11(5-20)15(10-3-2-9(18)4-13(10)19)12-6-23(7-14(21)24)17(25)16(12)22-8/h2-4,6,25H,5,7,20H2,1H3,(H2,21,24). The van der Waals surface area contributed by atoms with Crippen LogP contribution in [0.25, 0.3) is 22.0 Å². The lowest BCUT2D eigenvalue weighted by Crippen LogP contribution is -2.17. The lowest BCUT2D eigenvalue weighted by molar-refractivity contribution is -0.118. The van der Waals surface area contributed by atoms with E-state index in [-0.39, 0.29) is 19.0 Å². The second-order valence-corrected chi connectivity index (χ2v) is 6.53. The Morgan fingerprint density at radius 1 is 1.36 bits per heavy atom. The highest BCUT2D eigenvalue weighted by molar-refractivity contribution is 6.36. The molecule has 3 rings (SSSR count). The van der Waals surface area contributed by atoms with Gasteiger partial charge in [0.25, 0.3) is 0 Å². The molecular formula is C17H16Cl2N4O2. The molecule has 5 N–H and O–H groups in total. The molecule has 0 spiro atoms. The zero-order valence-corrected chi connectivity index (χ0v) is 14.9. The van der Waals surface area contributed by atoms with Crippen molar-refractivity contribution in [2.24, 2.45) is 11.5 Å². The fourth-order valence-corrected chi connectivity index (χ4v) is 3.45. The number of rotatable bonds is 4. The van der Waals surface area contributed by atoms with Crippen LogP contribution in [0.1, 0.15) is 11.3 Å². The van der Waals surface area contributed by atoms with E-state index < -0.39 is 5.91 Å². The Morgan fingerprint density at radius 3 is 2.68 bits per heavy atom. The van der Waals surface area contributed by atoms with E-state index >= 15 is 0 Å². The molecule has 0 aliphatic rings. The van der Waals surface area contributed by atoms with Crippen LogP contribution in [0.2, 0.25) is 10.0 Å². The number of aromatic hydroxyl groups is 1. The summed E-state index contributed by atoms with van der Waals surface area (Å²) in [6.45, 7) is 1.89. The summed E-state index contributed by atoms with van der Waals surface area (Å²) in [6.07, 6.45) is 1.63. The molecule has 25 heavy (non-hydrogen) atoms. The molecule has 6 nitrogen and oxygen atoms in total. The van der Waals surface area contributed by atoms with Crippen LogP contribution in [0.15, 0.2) is 24.4 Å². The Labute approximate surface area is 154 Å². The van der Waals surface area contributed by atoms with Crippen LogP contribution in [-0.2, 0) is 17.9 Å². The molecule has 1 aromatic carbocycles. The fraction of sp³-hybridized carbons (Fsp3) is 0.176. The summed E-state index contributed by atoms with van der Waals surface area (Å²) >= 11 is 12.4. The molecular weight excluding hydrogens is 363 g/mol. The molecule has 0 fully saturated rings. The van der Waals surface area contributed by atoms with Crippen molar-refractivity contribution >= 4 is 40.0 Å². The highest BCUT2D eigenvalue weighted by atomic mass is 35.5. The largest absolute Gasteiger partial charge is 0.493 e. The molecule has 130 valence electrons. The summed E-state index contributed by atoms with van der Waals surface area (Å²) in [6, 6.07) is 5.16. The van der Waals surface area contributed by atoms with Crippen molar-refractivity contribution in [3.63, 3.8) is 0 Å². The molecule has 1 amide bonds. The van der Waals surface area contributed by atoms with Crippen molar-refractivity contribution in [3.05, 3.63) is 45.7 Å². The Hall–Kier alpha value is -2.28. The van der Waals surface area contributed by atoms with Crippen molar-refractivity contribution in [1.29, 1.82) is 0 Å². The molecule has 0 atom stereocenters. The van der Waals surface area contributed by atoms with Crippen molar-refractivity contribution in [1.82, 2.24) is 9.55 Å². The topological polar surface area (TPSA) is 107 Å². The number of halogens is 2. The van der Waals surface area contributed by atoms with Gasteiger partial charge < -0.3 is 21.1 Å². The molecule has 0 bridgehead atoms. The minimum Gasteiger partial charge on any atom is -0.493 e. The van der Waals surface area contributed by atoms with Crippen LogP contribution in [0, 0.1) is 6.92 Å². The van der Waals surface area contributed by atoms with Gasteiger partial charge in [-0.15, -0.1) is 0 Å². The summed E-state index contributed by atoms with van der Waals surface area (Å²) in [4.78, 5) is 15.7. The van der Waals surface area contributed by atoms with Crippen LogP contribution in [-0.4, -0.2) is 20.6 Å². The van der Waals surface area contributed by atoms with Gasteiger partial charge in [0.15, 0.2) is 0 Å². The second-order valence-electron chi connectivity index (χ2n) is 5.69. The highest BCUT2D eigenvalue weighted by Crippen LogP contribution is 2.40. The van der Waals surface area contributed by atoms with Gasteiger partial charge >= 0.3 is 0 Å². The first-order valence-corrected chi connectivity index (χ1v) is 8.24. The number of benzene rings is 1. The maximum absolute atomic E-state index is 11.2. The third kappa shape index (κ3) is 3.04. The number of carbonyl (C=O) groups is 1. The summed E-state index contributed by atoms with van der Waals surface area (Å²) < 4.78 is 1.35. The monoisotopic (exact) mass is 378 g/mol. The Balaban J connectivity index is 2.40. The molecule has 2 aromatic heterocycles. The number of hydrogen-bond acceptors (Lipinski definition) is 4. The van der Waals surface area contributed by atoms with Crippen LogP contribution in [0.4, 0.5) is 0 Å². The number of fused-ring (bicyclic) bond motifs is 1. The number of nitrogens with two attached hydrogens (primary N) is 2. The average molecular weight is 379 g/mol. The maximum atomic E-state index is 11.2. The predicted molar refractivity (Wildman–Crippen MR) is 98.7 cm³/mol. The van der Waals surface area contributed by atoms with Crippen molar-refractivity contribution < 1.29 is 9.90 Å². The number of aromatic nitrogens is 2. The fourth-order valence-electron chi connectivity index (χ4n) is 2.94. The third-order valence-electron chi connectivity index (χ3n) is 4.04. The smallest absolute Gasteiger partial charge is 0.237 e. The number of amides is 1. The Bertz CT molecular complexity index is 998. The number of hydrogen-bond donors (Lipinski definition) is 3. The van der Waals surface area contributed by atoms with Gasteiger partial charge in [-0.05, 0) is 24.6 Å². The van der Waals surface area contributed by atoms with Crippen LogP contribution >= 0.6 is 23.2 Å². The Morgan fingerprint density at radius 2 is 2.08 bits per heavy atom. The lowest BCUT2D eigenvalue weighted by Gasteiger charge is -2.14. The molecule has 3 aromatic rings. The average Bonchev–Trinajstić information content (AvgIpc) is 2.82. The third-order valence-corrected chi connectivity index (χ3v) is 4.59. The summed E-state index contributed by atoms with van der Waals surface area (Å²) in [5.41, 5.74) is 14.5. The number of primary amides is 1. The molecule has 0 unspecified atom stereocenters. The quantitative estimate of drug-likeness (QED) is 0.648. The first-order chi connectivity index (χ1) is 11.8. The van der Waals surface area contributed by atoms with Crippen molar-refractivity contribution in [2.45, 2.75) is 20.0 Å². The Kier molecular flexibility index (Phi) is 4.60. The van der Waals surface area contributed by atoms with E-state index in [4.69, 9.17) is 34.7 Å². The number of aryl methyl sites for hydroxylation is 1. The van der Waals surface area contributed by atoms with Crippen LogP contribution in [0.5, 0.6) is 5.88 Å². The summed E-state index contributed by atoms with van der Waals surface area (Å²) in [7, 11) is 0. The summed E-state index contributed by atoms with van der Waals surface area (Å²) in [5.74, 6) is -0.704. The van der Waals surface area contributed by atoms with E-state index in [1.165, 1.54) is 4.57 Å². The normalized spacial score (nSPS) is 11.2. The van der Waals surface area contributed by atoms with Crippen LogP contribution in [0.3, 0.4) is 0 Å². The SMILES string of the molecule is Cc1nc2c(O)n(CC(N)=O)cc2c(-c2ccc(Cl)cc2Cl)c1CN. The molecule has 0 saturated heterocycles. The van der Waals surface area contributed by atoms with E-state index in [1.807, 2.05) is 0 Å². The van der Waals surface area contributed by atoms with E-state index in [1.54, 1.807) is 31.3 Å². The molecule has 0 saturated carbocycles. The molecule has 2 heterocycles. The first kappa shape index (κ1) is 17.5. The minimum atomic E-state index is -0.572. The molecule has 0 aliphatic heterocycles. The maximum Gasteiger partial charge on any atom is 0.237 e. The zero-order chi connectivity index (χ0) is 18.3. The van der Waals surface area contributed by atoms with E-state index in [0.717, 1.165) is 16.7 Å². The lowest BCUT2D eigenvalue weighted by atomic mass is 9.96. The second kappa shape index (κ2) is 6.55. The van der Waals surface area contributed by atoms with Gasteiger partial charge in [0, 0.05) is 45.0 Å². The van der Waals surface area contributed by atoms with E-state index in [9.17, 15) is 9.90 Å². The van der Waals surface area contributed by atoms with E-state index in [0.29, 0.717) is 26.6 Å². The van der Waals surface area contributed by atoms with Crippen LogP contribution < -0.4 is 11.5 Å². The van der Waals surface area contributed by atoms with E-state index in [2.05, 4.69) is 4.98 Å². The van der Waals surface area contributed by atoms with Gasteiger partial charge in [0.1, 0.15) is 12.1 Å². The molecule has 0 radical (unpaired) electrons. The van der Waals surface area contributed by atoms with Gasteiger partial charge in [0.2, 0.25) is 11.8 Å². The molecule has 0 aliphatic carbocycles. The number of pyridine rings is 1. The highest BCUT2D eigenvalue weighted by Gasteiger charge is 2.21.